The largest absolute Gasteiger partial charge is 0.493 e. The highest BCUT2D eigenvalue weighted by Gasteiger charge is 2.19. The number of hydrogen-bond donors (Lipinski definition) is 2. The van der Waals surface area contributed by atoms with Crippen LogP contribution in [0.4, 0.5) is 0 Å². The summed E-state index contributed by atoms with van der Waals surface area (Å²) >= 11 is 0. The molecule has 0 saturated carbocycles. The van der Waals surface area contributed by atoms with Crippen molar-refractivity contribution < 1.29 is 9.32 Å². The second kappa shape index (κ2) is 6.85. The van der Waals surface area contributed by atoms with E-state index in [0.717, 1.165) is 5.56 Å². The number of nitrogens with zero attached hydrogens (tertiary/aromatic N) is 4. The van der Waals surface area contributed by atoms with Crippen LogP contribution in [0.3, 0.4) is 0 Å². The summed E-state index contributed by atoms with van der Waals surface area (Å²) in [6.45, 7) is 5.24. The molecule has 1 aromatic carbocycles. The summed E-state index contributed by atoms with van der Waals surface area (Å²) in [5, 5.41) is 23.6. The van der Waals surface area contributed by atoms with Gasteiger partial charge in [0.15, 0.2) is 5.82 Å². The Bertz CT molecular complexity index is 1120. The molecule has 3 aromatic rings. The minimum absolute atomic E-state index is 0.0760. The van der Waals surface area contributed by atoms with E-state index in [1.807, 2.05) is 0 Å². The fourth-order valence-corrected chi connectivity index (χ4v) is 3.70. The van der Waals surface area contributed by atoms with Gasteiger partial charge in [-0.05, 0) is 50.6 Å². The lowest BCUT2D eigenvalue weighted by Gasteiger charge is -2.11. The standard InChI is InChI=1S/C19H19N5O2S/c1-12(2)27(21,26)16-8-9-17(22-11-16)24-19(25)18(13(3)23-24)15-6-4-14(10-20)5-7-15/h4-9,11-12,21,25H,1-3H3/t27-/m1/s1. The third kappa shape index (κ3) is 3.29. The number of aromatic hydroxyl groups is 1. The molecule has 7 nitrogen and oxygen atoms in total. The number of pyridine rings is 1. The molecular formula is C19H19N5O2S. The lowest BCUT2D eigenvalue weighted by Crippen LogP contribution is -2.13. The minimum atomic E-state index is -2.92. The van der Waals surface area contributed by atoms with Gasteiger partial charge in [0.2, 0.25) is 5.88 Å². The number of benzene rings is 1. The summed E-state index contributed by atoms with van der Waals surface area (Å²) in [5.74, 6) is 0.283. The zero-order valence-corrected chi connectivity index (χ0v) is 16.0. The Labute approximate surface area is 157 Å². The van der Waals surface area contributed by atoms with Gasteiger partial charge in [0.1, 0.15) is 0 Å². The topological polar surface area (TPSA) is 116 Å². The summed E-state index contributed by atoms with van der Waals surface area (Å²) in [6.07, 6.45) is 1.39. The van der Waals surface area contributed by atoms with Gasteiger partial charge in [0.25, 0.3) is 0 Å². The fraction of sp³-hybridized carbons (Fsp3) is 0.211. The zero-order chi connectivity index (χ0) is 19.8. The van der Waals surface area contributed by atoms with E-state index in [-0.39, 0.29) is 11.1 Å². The van der Waals surface area contributed by atoms with Crippen molar-refractivity contribution >= 4 is 9.73 Å². The molecule has 0 aliphatic heterocycles. The first-order valence-corrected chi connectivity index (χ1v) is 9.91. The maximum atomic E-state index is 12.4. The average molecular weight is 381 g/mol. The van der Waals surface area contributed by atoms with Crippen molar-refractivity contribution in [3.63, 3.8) is 0 Å². The van der Waals surface area contributed by atoms with Gasteiger partial charge in [0, 0.05) is 11.4 Å². The zero-order valence-electron chi connectivity index (χ0n) is 15.2. The van der Waals surface area contributed by atoms with Crippen LogP contribution in [0, 0.1) is 23.0 Å². The smallest absolute Gasteiger partial charge is 0.223 e. The van der Waals surface area contributed by atoms with Crippen LogP contribution in [-0.2, 0) is 9.73 Å². The number of nitriles is 1. The highest BCUT2D eigenvalue weighted by Crippen LogP contribution is 2.34. The second-order valence-electron chi connectivity index (χ2n) is 6.39. The minimum Gasteiger partial charge on any atom is -0.493 e. The van der Waals surface area contributed by atoms with E-state index < -0.39 is 9.73 Å². The van der Waals surface area contributed by atoms with E-state index in [1.54, 1.807) is 57.2 Å². The third-order valence-electron chi connectivity index (χ3n) is 4.29. The van der Waals surface area contributed by atoms with Gasteiger partial charge >= 0.3 is 0 Å². The molecule has 3 rings (SSSR count). The van der Waals surface area contributed by atoms with Gasteiger partial charge in [-0.3, -0.25) is 0 Å². The van der Waals surface area contributed by atoms with Crippen LogP contribution < -0.4 is 0 Å². The van der Waals surface area contributed by atoms with Crippen molar-refractivity contribution in [1.82, 2.24) is 14.8 Å². The molecule has 0 amide bonds. The first-order valence-electron chi connectivity index (χ1n) is 8.29. The number of nitrogens with one attached hydrogen (secondary N) is 1. The van der Waals surface area contributed by atoms with Gasteiger partial charge in [0.05, 0.1) is 37.5 Å². The Kier molecular flexibility index (Phi) is 4.72. The second-order valence-corrected chi connectivity index (χ2v) is 9.00. The monoisotopic (exact) mass is 381 g/mol. The fourth-order valence-electron chi connectivity index (χ4n) is 2.67. The molecule has 1 atom stereocenters. The quantitative estimate of drug-likeness (QED) is 0.716. The van der Waals surface area contributed by atoms with E-state index >= 15 is 0 Å². The molecule has 0 spiro atoms. The maximum Gasteiger partial charge on any atom is 0.223 e. The van der Waals surface area contributed by atoms with Crippen LogP contribution in [0.2, 0.25) is 0 Å². The highest BCUT2D eigenvalue weighted by atomic mass is 32.2. The van der Waals surface area contributed by atoms with Crippen LogP contribution in [-0.4, -0.2) is 29.3 Å². The third-order valence-corrected chi connectivity index (χ3v) is 6.56. The molecule has 0 aliphatic rings. The highest BCUT2D eigenvalue weighted by molar-refractivity contribution is 7.93. The molecule has 0 unspecified atom stereocenters. The van der Waals surface area contributed by atoms with E-state index in [2.05, 4.69) is 16.2 Å². The SMILES string of the molecule is Cc1nn(-c2ccc([S@](=N)(=O)C(C)C)cn2)c(O)c1-c1ccc(C#N)cc1. The van der Waals surface area contributed by atoms with Gasteiger partial charge in [-0.2, -0.15) is 15.0 Å². The van der Waals surface area contributed by atoms with Gasteiger partial charge in [-0.15, -0.1) is 0 Å². The lowest BCUT2D eigenvalue weighted by atomic mass is 10.0. The van der Waals surface area contributed by atoms with Crippen LogP contribution in [0.1, 0.15) is 25.1 Å². The number of aromatic nitrogens is 3. The Morgan fingerprint density at radius 3 is 2.41 bits per heavy atom. The Morgan fingerprint density at radius 1 is 1.22 bits per heavy atom. The molecular weight excluding hydrogens is 362 g/mol. The molecule has 8 heteroatoms. The molecule has 0 aliphatic carbocycles. The van der Waals surface area contributed by atoms with E-state index in [0.29, 0.717) is 27.5 Å². The molecule has 0 radical (unpaired) electrons. The summed E-state index contributed by atoms with van der Waals surface area (Å²) in [6, 6.07) is 12.1. The Hall–Kier alpha value is -3.18. The predicted octanol–water partition coefficient (Wildman–Crippen LogP) is 3.63. The summed E-state index contributed by atoms with van der Waals surface area (Å²) in [4.78, 5) is 4.58. The van der Waals surface area contributed by atoms with Crippen molar-refractivity contribution in [2.45, 2.75) is 30.9 Å². The van der Waals surface area contributed by atoms with Crippen molar-refractivity contribution in [3.05, 3.63) is 53.9 Å². The van der Waals surface area contributed by atoms with Gasteiger partial charge < -0.3 is 5.11 Å². The molecule has 2 N–H and O–H groups in total. The predicted molar refractivity (Wildman–Crippen MR) is 102 cm³/mol. The van der Waals surface area contributed by atoms with Gasteiger partial charge in [-0.1, -0.05) is 12.1 Å². The maximum absolute atomic E-state index is 12.4. The Balaban J connectivity index is 2.03. The molecule has 2 heterocycles. The molecule has 0 bridgehead atoms. The van der Waals surface area contributed by atoms with Gasteiger partial charge in [-0.25, -0.2) is 14.0 Å². The van der Waals surface area contributed by atoms with E-state index in [9.17, 15) is 9.32 Å². The lowest BCUT2D eigenvalue weighted by molar-refractivity contribution is 0.433. The molecule has 27 heavy (non-hydrogen) atoms. The van der Waals surface area contributed by atoms with Crippen molar-refractivity contribution in [3.8, 4) is 28.9 Å². The van der Waals surface area contributed by atoms with Crippen LogP contribution in [0.15, 0.2) is 47.5 Å². The van der Waals surface area contributed by atoms with E-state index in [4.69, 9.17) is 10.0 Å². The first-order chi connectivity index (χ1) is 12.8. The number of aryl methyl sites for hydroxylation is 1. The van der Waals surface area contributed by atoms with Crippen LogP contribution in [0.25, 0.3) is 16.9 Å². The summed E-state index contributed by atoms with van der Waals surface area (Å²) in [7, 11) is -2.92. The molecule has 2 aromatic heterocycles. The molecule has 138 valence electrons. The van der Waals surface area contributed by atoms with Crippen molar-refractivity contribution in [1.29, 1.82) is 10.0 Å². The molecule has 0 fully saturated rings. The van der Waals surface area contributed by atoms with E-state index in [1.165, 1.54) is 10.9 Å². The normalized spacial score (nSPS) is 13.3. The average Bonchev–Trinajstić information content (AvgIpc) is 2.96. The summed E-state index contributed by atoms with van der Waals surface area (Å²) in [5.41, 5.74) is 2.43. The number of hydrogen-bond acceptors (Lipinski definition) is 6. The van der Waals surface area contributed by atoms with Crippen molar-refractivity contribution in [2.75, 3.05) is 0 Å². The number of rotatable bonds is 4. The van der Waals surface area contributed by atoms with Crippen LogP contribution >= 0.6 is 0 Å². The van der Waals surface area contributed by atoms with Crippen LogP contribution in [0.5, 0.6) is 5.88 Å². The molecule has 0 saturated heterocycles. The first kappa shape index (κ1) is 18.6. The van der Waals surface area contributed by atoms with Crippen molar-refractivity contribution in [2.24, 2.45) is 0 Å². The Morgan fingerprint density at radius 2 is 1.89 bits per heavy atom. The summed E-state index contributed by atoms with van der Waals surface area (Å²) < 4.78 is 21.7.